The van der Waals surface area contributed by atoms with Gasteiger partial charge >= 0.3 is 28.5 Å². The van der Waals surface area contributed by atoms with Crippen molar-refractivity contribution in [1.29, 1.82) is 0 Å². The van der Waals surface area contributed by atoms with Gasteiger partial charge < -0.3 is 9.26 Å². The Balaban J connectivity index is 1.38. The first-order valence-corrected chi connectivity index (χ1v) is 21.4. The van der Waals surface area contributed by atoms with E-state index in [1.54, 1.807) is 0 Å². The Kier molecular flexibility index (Phi) is 9.29. The molecule has 240 valence electrons. The number of nitrogens with one attached hydrogen (secondary N) is 2. The summed E-state index contributed by atoms with van der Waals surface area (Å²) in [6.07, 6.45) is 0. The summed E-state index contributed by atoms with van der Waals surface area (Å²) in [4.78, 5) is 3.67. The van der Waals surface area contributed by atoms with Gasteiger partial charge in [-0.1, -0.05) is 101 Å². The molecule has 2 saturated heterocycles. The number of para-hydroxylation sites is 5. The highest BCUT2D eigenvalue weighted by Gasteiger charge is 2.92. The average Bonchev–Trinajstić information content (AvgIpc) is 3.67. The normalized spacial score (nSPS) is 26.5. The van der Waals surface area contributed by atoms with Gasteiger partial charge in [0.2, 0.25) is 5.78 Å². The molecule has 12 heteroatoms. The molecule has 2 heterocycles. The van der Waals surface area contributed by atoms with E-state index in [0.29, 0.717) is 17.2 Å². The fraction of sp³-hybridized carbons (Fsp3) is 0.143. The maximum atomic E-state index is 7.69. The molecule has 5 atom stereocenters. The Morgan fingerprint density at radius 3 is 1.38 bits per heavy atom. The lowest BCUT2D eigenvalue weighted by molar-refractivity contribution is 0.301. The Hall–Kier alpha value is -3.44. The van der Waals surface area contributed by atoms with Crippen molar-refractivity contribution in [2.45, 2.75) is 24.3 Å². The van der Waals surface area contributed by atoms with Crippen molar-refractivity contribution >= 4 is 33.9 Å². The number of hydrogen-bond acceptors (Lipinski definition) is 8. The Morgan fingerprint density at radius 2 is 0.936 bits per heavy atom. The van der Waals surface area contributed by atoms with E-state index >= 15 is 0 Å². The van der Waals surface area contributed by atoms with E-state index in [0.717, 1.165) is 11.5 Å². The van der Waals surface area contributed by atoms with Crippen LogP contribution in [-0.2, 0) is 0 Å². The first-order valence-electron chi connectivity index (χ1n) is 15.3. The molecular weight excluding hydrogens is 671 g/mol. The molecule has 0 aliphatic carbocycles. The molecule has 5 unspecified atom stereocenters. The number of fused-ring (bicyclic) bond motifs is 1. The molecule has 0 spiro atoms. The van der Waals surface area contributed by atoms with Crippen LogP contribution in [0.4, 0.5) is 0 Å². The van der Waals surface area contributed by atoms with E-state index in [2.05, 4.69) is 28.6 Å². The maximum Gasteiger partial charge on any atom is 0.492 e. The zero-order valence-corrected chi connectivity index (χ0v) is 29.3. The van der Waals surface area contributed by atoms with Crippen LogP contribution < -0.4 is 32.8 Å². The Labute approximate surface area is 282 Å². The summed E-state index contributed by atoms with van der Waals surface area (Å²) in [7, 11) is -7.23. The lowest BCUT2D eigenvalue weighted by atomic mass is 10.3. The van der Waals surface area contributed by atoms with Gasteiger partial charge in [-0.2, -0.15) is 0 Å². The lowest BCUT2D eigenvalue weighted by Crippen LogP contribution is -2.45. The van der Waals surface area contributed by atoms with Gasteiger partial charge in [0.05, 0.1) is 4.86 Å². The second-order valence-corrected chi connectivity index (χ2v) is 20.4. The van der Waals surface area contributed by atoms with Crippen molar-refractivity contribution in [3.05, 3.63) is 152 Å². The van der Waals surface area contributed by atoms with Gasteiger partial charge in [-0.25, -0.2) is 0 Å². The van der Waals surface area contributed by atoms with Crippen molar-refractivity contribution < 1.29 is 22.8 Å². The molecule has 0 aromatic heterocycles. The quantitative estimate of drug-likeness (QED) is 0.139. The van der Waals surface area contributed by atoms with Crippen molar-refractivity contribution in [3.8, 4) is 28.7 Å². The molecular formula is C35H36ClN3O5P3+3. The summed E-state index contributed by atoms with van der Waals surface area (Å²) >= 11 is 7.69. The highest BCUT2D eigenvalue weighted by Crippen LogP contribution is 2.90. The third kappa shape index (κ3) is 6.79. The van der Waals surface area contributed by atoms with Crippen molar-refractivity contribution in [2.24, 2.45) is 0 Å². The second-order valence-electron chi connectivity index (χ2n) is 11.1. The summed E-state index contributed by atoms with van der Waals surface area (Å²) in [6.45, 7) is 2.09. The van der Waals surface area contributed by atoms with Gasteiger partial charge in [0.1, 0.15) is 5.75 Å². The van der Waals surface area contributed by atoms with E-state index in [1.165, 1.54) is 0 Å². The molecule has 0 bridgehead atoms. The van der Waals surface area contributed by atoms with Gasteiger partial charge in [-0.3, -0.25) is 13.6 Å². The number of ether oxygens (including phenoxy) is 1. The summed E-state index contributed by atoms with van der Waals surface area (Å²) < 4.78 is 36.8. The van der Waals surface area contributed by atoms with Crippen LogP contribution in [0, 0.1) is 0 Å². The Morgan fingerprint density at radius 1 is 0.553 bits per heavy atom. The molecule has 2 N–H and O–H groups in total. The highest BCUT2D eigenvalue weighted by atomic mass is 35.7. The van der Waals surface area contributed by atoms with Crippen LogP contribution in [0.25, 0.3) is 0 Å². The average molecular weight is 707 g/mol. The van der Waals surface area contributed by atoms with Crippen LogP contribution in [-0.4, -0.2) is 29.1 Å². The van der Waals surface area contributed by atoms with Crippen LogP contribution >= 0.6 is 33.9 Å². The predicted molar refractivity (Wildman–Crippen MR) is 193 cm³/mol. The standard InChI is InChI=1S/C35H36ClN3O5P3/c1-28-39(2)45(41-30-20-10-4-11-21-30)34(35(45)40-29-18-8-3-9-19-29)37-47(36,44-33-26-16-7-17-27-33)38-46(28,42-31-22-12-5-13-23-31)43-32-24-14-6-15-25-32/h3-28,34-35,37-38H,1-2H3/q+3. The molecule has 0 saturated carbocycles. The number of rotatable bonds is 10. The largest absolute Gasteiger partial charge is 0.492 e. The zero-order valence-electron chi connectivity index (χ0n) is 25.9. The molecule has 5 aromatic rings. The third-order valence-electron chi connectivity index (χ3n) is 7.97. The molecule has 0 amide bonds. The second kappa shape index (κ2) is 13.6. The van der Waals surface area contributed by atoms with E-state index < -0.39 is 28.4 Å². The summed E-state index contributed by atoms with van der Waals surface area (Å²) in [5.41, 5.74) is 0. The summed E-state index contributed by atoms with van der Waals surface area (Å²) in [5.74, 6) is 2.25. The first-order chi connectivity index (χ1) is 22.9. The van der Waals surface area contributed by atoms with Crippen LogP contribution in [0.15, 0.2) is 152 Å². The minimum absolute atomic E-state index is 0.312. The molecule has 7 rings (SSSR count). The van der Waals surface area contributed by atoms with Crippen molar-refractivity contribution in [1.82, 2.24) is 14.6 Å². The van der Waals surface area contributed by atoms with Crippen LogP contribution in [0.3, 0.4) is 0 Å². The van der Waals surface area contributed by atoms with Gasteiger partial charge in [0.15, 0.2) is 34.2 Å². The zero-order chi connectivity index (χ0) is 32.3. The highest BCUT2D eigenvalue weighted by molar-refractivity contribution is 7.99. The van der Waals surface area contributed by atoms with E-state index in [4.69, 9.17) is 34.1 Å². The molecule has 0 radical (unpaired) electrons. The minimum Gasteiger partial charge on any atom is -0.446 e. The molecule has 47 heavy (non-hydrogen) atoms. The monoisotopic (exact) mass is 706 g/mol. The fourth-order valence-electron chi connectivity index (χ4n) is 5.51. The maximum absolute atomic E-state index is 7.69. The minimum atomic E-state index is -3.31. The Bertz CT molecular complexity index is 1710. The topological polar surface area (TPSA) is 73.5 Å². The third-order valence-corrected chi connectivity index (χ3v) is 18.9. The van der Waals surface area contributed by atoms with Crippen molar-refractivity contribution in [3.63, 3.8) is 0 Å². The van der Waals surface area contributed by atoms with E-state index in [-0.39, 0.29) is 11.6 Å². The van der Waals surface area contributed by atoms with Gasteiger partial charge in [0, 0.05) is 7.05 Å². The lowest BCUT2D eigenvalue weighted by Gasteiger charge is -2.34. The molecule has 5 aromatic carbocycles. The summed E-state index contributed by atoms with van der Waals surface area (Å²) in [5, 5.41) is 3.70. The number of hydrogen-bond donors (Lipinski definition) is 2. The predicted octanol–water partition coefficient (Wildman–Crippen LogP) is 10.0. The first kappa shape index (κ1) is 32.1. The van der Waals surface area contributed by atoms with Crippen LogP contribution in [0.1, 0.15) is 6.92 Å². The van der Waals surface area contributed by atoms with Gasteiger partial charge in [0.25, 0.3) is 5.78 Å². The SMILES string of the molecule is CC1N(C)[P+]2(Oc3ccccc3)C(N[P+](Cl)(Oc3ccccc3)N[P+]1(Oc1ccccc1)Oc1ccccc1)C2Oc1ccccc1. The van der Waals surface area contributed by atoms with Crippen LogP contribution in [0.5, 0.6) is 28.7 Å². The molecule has 8 nitrogen and oxygen atoms in total. The number of halogens is 1. The van der Waals surface area contributed by atoms with Crippen LogP contribution in [0.2, 0.25) is 0 Å². The van der Waals surface area contributed by atoms with E-state index in [9.17, 15) is 0 Å². The molecule has 2 fully saturated rings. The van der Waals surface area contributed by atoms with Crippen molar-refractivity contribution in [2.75, 3.05) is 7.05 Å². The number of benzene rings is 5. The summed E-state index contributed by atoms with van der Waals surface area (Å²) in [6, 6.07) is 48.4. The smallest absolute Gasteiger partial charge is 0.446 e. The van der Waals surface area contributed by atoms with Gasteiger partial charge in [-0.15, -0.1) is 0 Å². The van der Waals surface area contributed by atoms with E-state index in [1.807, 2.05) is 152 Å². The number of nitrogens with zero attached hydrogens (tertiary/aromatic N) is 1. The van der Waals surface area contributed by atoms with Gasteiger partial charge in [-0.05, 0) is 67.6 Å². The molecule has 2 aliphatic rings. The fourth-order valence-corrected chi connectivity index (χ4v) is 18.2. The molecule has 2 aliphatic heterocycles.